The van der Waals surface area contributed by atoms with Crippen molar-refractivity contribution in [2.75, 3.05) is 6.61 Å². The maximum Gasteiger partial charge on any atom is 0.336 e. The molecule has 0 aliphatic heterocycles. The molecule has 0 fully saturated rings. The van der Waals surface area contributed by atoms with Gasteiger partial charge in [0.2, 0.25) is 0 Å². The Labute approximate surface area is 105 Å². The Bertz CT molecular complexity index is 599. The molecule has 0 radical (unpaired) electrons. The van der Waals surface area contributed by atoms with Gasteiger partial charge in [0.1, 0.15) is 0 Å². The zero-order valence-electron chi connectivity index (χ0n) is 10.6. The molecule has 0 spiro atoms. The van der Waals surface area contributed by atoms with E-state index in [1.807, 2.05) is 24.5 Å². The summed E-state index contributed by atoms with van der Waals surface area (Å²) in [4.78, 5) is 11.3. The number of aliphatic hydroxyl groups is 1. The Morgan fingerprint density at radius 1 is 1.39 bits per heavy atom. The van der Waals surface area contributed by atoms with Crippen LogP contribution in [0.15, 0.2) is 18.2 Å². The zero-order valence-corrected chi connectivity index (χ0v) is 10.6. The quantitative estimate of drug-likeness (QED) is 0.870. The molecule has 0 aliphatic carbocycles. The minimum absolute atomic E-state index is 0.0467. The minimum atomic E-state index is -0.906. The third-order valence-electron chi connectivity index (χ3n) is 3.38. The van der Waals surface area contributed by atoms with E-state index in [0.29, 0.717) is 12.1 Å². The van der Waals surface area contributed by atoms with Gasteiger partial charge in [-0.2, -0.15) is 0 Å². The van der Waals surface area contributed by atoms with Crippen molar-refractivity contribution in [3.8, 4) is 0 Å². The van der Waals surface area contributed by atoms with E-state index in [1.54, 1.807) is 12.1 Å². The van der Waals surface area contributed by atoms with Crippen molar-refractivity contribution >= 4 is 16.9 Å². The summed E-state index contributed by atoms with van der Waals surface area (Å²) < 4.78 is 1.99. The fourth-order valence-electron chi connectivity index (χ4n) is 2.61. The van der Waals surface area contributed by atoms with Gasteiger partial charge in [-0.15, -0.1) is 0 Å². The Kier molecular flexibility index (Phi) is 3.39. The summed E-state index contributed by atoms with van der Waals surface area (Å²) in [7, 11) is 0. The molecule has 4 nitrogen and oxygen atoms in total. The second-order valence-corrected chi connectivity index (χ2v) is 4.30. The summed E-state index contributed by atoms with van der Waals surface area (Å²) in [6, 6.07) is 5.29. The number of hydrogen-bond acceptors (Lipinski definition) is 2. The molecule has 0 saturated heterocycles. The Morgan fingerprint density at radius 2 is 2.11 bits per heavy atom. The summed E-state index contributed by atoms with van der Waals surface area (Å²) in [6.07, 6.45) is 0.783. The van der Waals surface area contributed by atoms with Crippen molar-refractivity contribution in [3.63, 3.8) is 0 Å². The van der Waals surface area contributed by atoms with Crippen LogP contribution in [-0.4, -0.2) is 27.4 Å². The highest BCUT2D eigenvalue weighted by Crippen LogP contribution is 2.29. The number of carbonyl (C=O) groups is 1. The molecular formula is C14H17NO3. The van der Waals surface area contributed by atoms with Crippen LogP contribution in [0.4, 0.5) is 0 Å². The zero-order chi connectivity index (χ0) is 13.3. The first kappa shape index (κ1) is 12.6. The third-order valence-corrected chi connectivity index (χ3v) is 3.38. The average molecular weight is 247 g/mol. The van der Waals surface area contributed by atoms with Gasteiger partial charge in [-0.1, -0.05) is 13.0 Å². The predicted octanol–water partition coefficient (Wildman–Crippen LogP) is 2.20. The van der Waals surface area contributed by atoms with Gasteiger partial charge in [0.25, 0.3) is 0 Å². The van der Waals surface area contributed by atoms with E-state index in [1.165, 1.54) is 0 Å². The van der Waals surface area contributed by atoms with Crippen molar-refractivity contribution < 1.29 is 15.0 Å². The molecule has 0 saturated carbocycles. The number of aryl methyl sites for hydroxylation is 1. The van der Waals surface area contributed by atoms with Crippen LogP contribution < -0.4 is 0 Å². The van der Waals surface area contributed by atoms with Crippen LogP contribution in [0.25, 0.3) is 10.9 Å². The van der Waals surface area contributed by atoms with Crippen molar-refractivity contribution in [3.05, 3.63) is 35.0 Å². The molecule has 4 heteroatoms. The average Bonchev–Trinajstić information content (AvgIpc) is 2.62. The normalized spacial score (nSPS) is 11.1. The second-order valence-electron chi connectivity index (χ2n) is 4.30. The molecule has 1 aromatic heterocycles. The second kappa shape index (κ2) is 4.82. The summed E-state index contributed by atoms with van der Waals surface area (Å²) >= 11 is 0. The topological polar surface area (TPSA) is 62.5 Å². The van der Waals surface area contributed by atoms with Gasteiger partial charge in [0, 0.05) is 23.1 Å². The molecule has 18 heavy (non-hydrogen) atoms. The molecule has 0 bridgehead atoms. The highest BCUT2D eigenvalue weighted by Gasteiger charge is 2.18. The molecule has 0 atom stereocenters. The van der Waals surface area contributed by atoms with Crippen molar-refractivity contribution in [1.82, 2.24) is 4.57 Å². The van der Waals surface area contributed by atoms with Crippen molar-refractivity contribution in [1.29, 1.82) is 0 Å². The van der Waals surface area contributed by atoms with Crippen molar-refractivity contribution in [2.24, 2.45) is 0 Å². The number of benzene rings is 1. The van der Waals surface area contributed by atoms with Gasteiger partial charge in [-0.05, 0) is 31.0 Å². The first-order chi connectivity index (χ1) is 8.61. The summed E-state index contributed by atoms with van der Waals surface area (Å²) in [5, 5.41) is 19.2. The van der Waals surface area contributed by atoms with E-state index in [9.17, 15) is 9.90 Å². The molecule has 1 heterocycles. The summed E-state index contributed by atoms with van der Waals surface area (Å²) in [5.74, 6) is -0.906. The number of carboxylic acid groups (broad SMARTS) is 1. The fraction of sp³-hybridized carbons (Fsp3) is 0.357. The van der Waals surface area contributed by atoms with Crippen LogP contribution in [0.1, 0.15) is 28.5 Å². The van der Waals surface area contributed by atoms with E-state index in [2.05, 4.69) is 0 Å². The monoisotopic (exact) mass is 247 g/mol. The molecule has 1 aromatic carbocycles. The van der Waals surface area contributed by atoms with Gasteiger partial charge in [-0.25, -0.2) is 4.79 Å². The minimum Gasteiger partial charge on any atom is -0.478 e. The number of carboxylic acids is 1. The molecule has 2 N–H and O–H groups in total. The third kappa shape index (κ3) is 1.78. The Balaban J connectivity index is 2.86. The molecule has 0 aliphatic rings. The first-order valence-corrected chi connectivity index (χ1v) is 6.06. The maximum atomic E-state index is 11.3. The van der Waals surface area contributed by atoms with Crippen LogP contribution in [0.2, 0.25) is 0 Å². The van der Waals surface area contributed by atoms with Gasteiger partial charge in [0.15, 0.2) is 0 Å². The first-order valence-electron chi connectivity index (χ1n) is 6.06. The fourth-order valence-corrected chi connectivity index (χ4v) is 2.61. The van der Waals surface area contributed by atoms with E-state index in [4.69, 9.17) is 5.11 Å². The van der Waals surface area contributed by atoms with Gasteiger partial charge < -0.3 is 14.8 Å². The molecule has 0 amide bonds. The Morgan fingerprint density at radius 3 is 2.67 bits per heavy atom. The number of aliphatic hydroxyl groups excluding tert-OH is 1. The van der Waals surface area contributed by atoms with Crippen LogP contribution in [0, 0.1) is 6.92 Å². The van der Waals surface area contributed by atoms with E-state index in [-0.39, 0.29) is 6.61 Å². The number of hydrogen-bond donors (Lipinski definition) is 2. The number of rotatable bonds is 4. The largest absolute Gasteiger partial charge is 0.478 e. The van der Waals surface area contributed by atoms with Gasteiger partial charge in [-0.3, -0.25) is 0 Å². The smallest absolute Gasteiger partial charge is 0.336 e. The summed E-state index contributed by atoms with van der Waals surface area (Å²) in [5.41, 5.74) is 3.31. The van der Waals surface area contributed by atoms with Gasteiger partial charge >= 0.3 is 5.97 Å². The van der Waals surface area contributed by atoms with Gasteiger partial charge in [0.05, 0.1) is 12.2 Å². The lowest BCUT2D eigenvalue weighted by Crippen LogP contribution is -2.04. The lowest BCUT2D eigenvalue weighted by Gasteiger charge is -2.05. The van der Waals surface area contributed by atoms with Crippen LogP contribution in [0.5, 0.6) is 0 Å². The summed E-state index contributed by atoms with van der Waals surface area (Å²) in [6.45, 7) is 4.53. The lowest BCUT2D eigenvalue weighted by atomic mass is 10.0. The van der Waals surface area contributed by atoms with E-state index < -0.39 is 5.97 Å². The van der Waals surface area contributed by atoms with E-state index >= 15 is 0 Å². The number of aromatic carboxylic acids is 1. The molecule has 0 unspecified atom stereocenters. The molecular weight excluding hydrogens is 230 g/mol. The molecule has 96 valence electrons. The molecule has 2 aromatic rings. The number of fused-ring (bicyclic) bond motifs is 1. The number of aromatic nitrogens is 1. The Hall–Kier alpha value is -1.81. The van der Waals surface area contributed by atoms with Crippen LogP contribution in [-0.2, 0) is 13.0 Å². The number of nitrogens with zero attached hydrogens (tertiary/aromatic N) is 1. The molecule has 2 rings (SSSR count). The predicted molar refractivity (Wildman–Crippen MR) is 70.1 cm³/mol. The van der Waals surface area contributed by atoms with E-state index in [0.717, 1.165) is 28.6 Å². The maximum absolute atomic E-state index is 11.3. The highest BCUT2D eigenvalue weighted by molar-refractivity contribution is 6.05. The SMILES string of the molecule is CCc1c(C)n(CCO)c2cccc(C(=O)O)c12. The lowest BCUT2D eigenvalue weighted by molar-refractivity contribution is 0.0699. The standard InChI is InChI=1S/C14H17NO3/c1-3-10-9(2)15(7-8-16)12-6-4-5-11(13(10)12)14(17)18/h4-6,16H,3,7-8H2,1-2H3,(H,17,18). The highest BCUT2D eigenvalue weighted by atomic mass is 16.4. The van der Waals surface area contributed by atoms with Crippen LogP contribution in [0.3, 0.4) is 0 Å². The van der Waals surface area contributed by atoms with Crippen molar-refractivity contribution in [2.45, 2.75) is 26.8 Å². The van der Waals surface area contributed by atoms with Crippen LogP contribution >= 0.6 is 0 Å².